The average molecular weight is 350 g/mol. The molecule has 0 bridgehead atoms. The zero-order valence-corrected chi connectivity index (χ0v) is 15.9. The normalized spacial score (nSPS) is 12.2. The summed E-state index contributed by atoms with van der Waals surface area (Å²) in [6.45, 7) is 9.51. The average Bonchev–Trinajstić information content (AvgIpc) is 3.06. The molecule has 0 amide bonds. The Kier molecular flexibility index (Phi) is 5.74. The molecule has 3 rings (SSSR count). The molecule has 0 aliphatic carbocycles. The predicted molar refractivity (Wildman–Crippen MR) is 103 cm³/mol. The van der Waals surface area contributed by atoms with Crippen molar-refractivity contribution >= 4 is 0 Å². The first-order chi connectivity index (χ1) is 12.5. The van der Waals surface area contributed by atoms with Gasteiger partial charge in [0, 0.05) is 12.7 Å². The molecule has 136 valence electrons. The van der Waals surface area contributed by atoms with E-state index in [9.17, 15) is 0 Å². The smallest absolute Gasteiger partial charge is 0.130 e. The highest BCUT2D eigenvalue weighted by Crippen LogP contribution is 2.26. The molecule has 0 fully saturated rings. The number of hydrogen-bond donors (Lipinski definition) is 1. The number of pyridine rings is 1. The SMILES string of the molecule is Cc1ccc(C(C)NCc2cc(C)c(OCc3ccccn3)c(C)c2)o1. The van der Waals surface area contributed by atoms with E-state index in [1.54, 1.807) is 6.20 Å². The lowest BCUT2D eigenvalue weighted by molar-refractivity contribution is 0.297. The fourth-order valence-corrected chi connectivity index (χ4v) is 3.06. The Bertz CT molecular complexity index is 833. The van der Waals surface area contributed by atoms with Crippen molar-refractivity contribution < 1.29 is 9.15 Å². The van der Waals surface area contributed by atoms with Crippen LogP contribution in [0, 0.1) is 20.8 Å². The summed E-state index contributed by atoms with van der Waals surface area (Å²) in [4.78, 5) is 4.31. The first-order valence-electron chi connectivity index (χ1n) is 8.95. The van der Waals surface area contributed by atoms with Gasteiger partial charge in [-0.05, 0) is 68.7 Å². The van der Waals surface area contributed by atoms with Crippen molar-refractivity contribution in [3.63, 3.8) is 0 Å². The summed E-state index contributed by atoms with van der Waals surface area (Å²) in [6, 6.07) is 14.4. The summed E-state index contributed by atoms with van der Waals surface area (Å²) in [5, 5.41) is 3.52. The van der Waals surface area contributed by atoms with E-state index in [4.69, 9.17) is 9.15 Å². The summed E-state index contributed by atoms with van der Waals surface area (Å²) in [5.41, 5.74) is 4.44. The first kappa shape index (κ1) is 18.2. The van der Waals surface area contributed by atoms with Crippen molar-refractivity contribution in [2.24, 2.45) is 0 Å². The number of aryl methyl sites for hydroxylation is 3. The van der Waals surface area contributed by atoms with Gasteiger partial charge >= 0.3 is 0 Å². The molecule has 1 unspecified atom stereocenters. The lowest BCUT2D eigenvalue weighted by Gasteiger charge is -2.16. The van der Waals surface area contributed by atoms with Gasteiger partial charge in [0.05, 0.1) is 11.7 Å². The maximum Gasteiger partial charge on any atom is 0.130 e. The van der Waals surface area contributed by atoms with Gasteiger partial charge in [-0.3, -0.25) is 4.98 Å². The number of benzene rings is 1. The van der Waals surface area contributed by atoms with E-state index in [1.165, 1.54) is 5.56 Å². The van der Waals surface area contributed by atoms with E-state index >= 15 is 0 Å². The van der Waals surface area contributed by atoms with Crippen molar-refractivity contribution in [3.05, 3.63) is 82.6 Å². The maximum atomic E-state index is 6.01. The Hall–Kier alpha value is -2.59. The lowest BCUT2D eigenvalue weighted by Crippen LogP contribution is -2.17. The van der Waals surface area contributed by atoms with Gasteiger partial charge in [0.1, 0.15) is 23.9 Å². The molecular weight excluding hydrogens is 324 g/mol. The Morgan fingerprint density at radius 2 is 1.85 bits per heavy atom. The van der Waals surface area contributed by atoms with E-state index in [-0.39, 0.29) is 6.04 Å². The number of nitrogens with one attached hydrogen (secondary N) is 1. The lowest BCUT2D eigenvalue weighted by atomic mass is 10.1. The van der Waals surface area contributed by atoms with Crippen molar-refractivity contribution in [3.8, 4) is 5.75 Å². The van der Waals surface area contributed by atoms with Crippen molar-refractivity contribution in [1.29, 1.82) is 0 Å². The molecule has 1 N–H and O–H groups in total. The molecule has 2 heterocycles. The van der Waals surface area contributed by atoms with E-state index in [0.29, 0.717) is 6.61 Å². The third-order valence-corrected chi connectivity index (χ3v) is 4.41. The molecule has 0 saturated carbocycles. The maximum absolute atomic E-state index is 6.01. The van der Waals surface area contributed by atoms with Gasteiger partial charge in [-0.25, -0.2) is 0 Å². The highest BCUT2D eigenvalue weighted by molar-refractivity contribution is 5.43. The summed E-state index contributed by atoms with van der Waals surface area (Å²) in [6.07, 6.45) is 1.79. The van der Waals surface area contributed by atoms with Crippen LogP contribution in [0.25, 0.3) is 0 Å². The molecule has 0 aliphatic rings. The quantitative estimate of drug-likeness (QED) is 0.649. The molecule has 0 spiro atoms. The van der Waals surface area contributed by atoms with Crippen LogP contribution in [-0.4, -0.2) is 4.98 Å². The largest absolute Gasteiger partial charge is 0.487 e. The number of nitrogens with zero attached hydrogens (tertiary/aromatic N) is 1. The summed E-state index contributed by atoms with van der Waals surface area (Å²) >= 11 is 0. The molecule has 26 heavy (non-hydrogen) atoms. The summed E-state index contributed by atoms with van der Waals surface area (Å²) in [5.74, 6) is 2.84. The molecule has 0 radical (unpaired) electrons. The van der Waals surface area contributed by atoms with Gasteiger partial charge in [0.15, 0.2) is 0 Å². The Morgan fingerprint density at radius 3 is 2.46 bits per heavy atom. The Morgan fingerprint density at radius 1 is 1.08 bits per heavy atom. The molecule has 4 heteroatoms. The van der Waals surface area contributed by atoms with Crippen LogP contribution in [0.4, 0.5) is 0 Å². The second-order valence-electron chi connectivity index (χ2n) is 6.72. The zero-order chi connectivity index (χ0) is 18.5. The van der Waals surface area contributed by atoms with Crippen molar-refractivity contribution in [1.82, 2.24) is 10.3 Å². The first-order valence-corrected chi connectivity index (χ1v) is 8.95. The molecule has 0 saturated heterocycles. The molecule has 4 nitrogen and oxygen atoms in total. The van der Waals surface area contributed by atoms with Crippen molar-refractivity contribution in [2.75, 3.05) is 0 Å². The van der Waals surface area contributed by atoms with E-state index in [2.05, 4.69) is 43.2 Å². The van der Waals surface area contributed by atoms with Gasteiger partial charge < -0.3 is 14.5 Å². The highest BCUT2D eigenvalue weighted by Gasteiger charge is 2.11. The minimum atomic E-state index is 0.171. The molecule has 1 atom stereocenters. The van der Waals surface area contributed by atoms with E-state index in [0.717, 1.165) is 40.6 Å². The number of furan rings is 1. The fraction of sp³-hybridized carbons (Fsp3) is 0.318. The topological polar surface area (TPSA) is 47.3 Å². The van der Waals surface area contributed by atoms with Crippen LogP contribution in [0.15, 0.2) is 53.1 Å². The van der Waals surface area contributed by atoms with E-state index in [1.807, 2.05) is 37.3 Å². The van der Waals surface area contributed by atoms with Crippen molar-refractivity contribution in [2.45, 2.75) is 46.9 Å². The monoisotopic (exact) mass is 350 g/mol. The summed E-state index contributed by atoms with van der Waals surface area (Å²) in [7, 11) is 0. The number of rotatable bonds is 7. The van der Waals surface area contributed by atoms with Gasteiger partial charge in [0.25, 0.3) is 0 Å². The number of ether oxygens (including phenoxy) is 1. The molecule has 0 aliphatic heterocycles. The second kappa shape index (κ2) is 8.19. The molecule has 1 aromatic carbocycles. The molecular formula is C22H26N2O2. The minimum Gasteiger partial charge on any atom is -0.487 e. The molecule has 2 aromatic heterocycles. The van der Waals surface area contributed by atoms with Crippen LogP contribution >= 0.6 is 0 Å². The standard InChI is InChI=1S/C22H26N2O2/c1-15-11-19(13-24-18(4)21-9-8-17(3)26-21)12-16(2)22(15)25-14-20-7-5-6-10-23-20/h5-12,18,24H,13-14H2,1-4H3. The number of aromatic nitrogens is 1. The Balaban J connectivity index is 1.63. The van der Waals surface area contributed by atoms with Crippen LogP contribution in [-0.2, 0) is 13.2 Å². The van der Waals surface area contributed by atoms with Crippen LogP contribution in [0.3, 0.4) is 0 Å². The van der Waals surface area contributed by atoms with Crippen LogP contribution < -0.4 is 10.1 Å². The fourth-order valence-electron chi connectivity index (χ4n) is 3.06. The van der Waals surface area contributed by atoms with Crippen LogP contribution in [0.5, 0.6) is 5.75 Å². The predicted octanol–water partition coefficient (Wildman–Crippen LogP) is 5.03. The van der Waals surface area contributed by atoms with Gasteiger partial charge in [-0.2, -0.15) is 0 Å². The van der Waals surface area contributed by atoms with Gasteiger partial charge in [-0.1, -0.05) is 18.2 Å². The van der Waals surface area contributed by atoms with Crippen LogP contribution in [0.2, 0.25) is 0 Å². The molecule has 3 aromatic rings. The number of hydrogen-bond acceptors (Lipinski definition) is 4. The van der Waals surface area contributed by atoms with Gasteiger partial charge in [-0.15, -0.1) is 0 Å². The third-order valence-electron chi connectivity index (χ3n) is 4.41. The van der Waals surface area contributed by atoms with Crippen LogP contribution in [0.1, 0.15) is 46.9 Å². The third kappa shape index (κ3) is 4.52. The summed E-state index contributed by atoms with van der Waals surface area (Å²) < 4.78 is 11.7. The highest BCUT2D eigenvalue weighted by atomic mass is 16.5. The minimum absolute atomic E-state index is 0.171. The van der Waals surface area contributed by atoms with Gasteiger partial charge in [0.2, 0.25) is 0 Å². The van der Waals surface area contributed by atoms with E-state index < -0.39 is 0 Å². The second-order valence-corrected chi connectivity index (χ2v) is 6.72. The zero-order valence-electron chi connectivity index (χ0n) is 15.9. The Labute approximate surface area is 155 Å².